The number of H-pyrrole nitrogens is 1. The summed E-state index contributed by atoms with van der Waals surface area (Å²) in [5.74, 6) is 4.35. The molecule has 2 bridgehead atoms. The first-order valence-electron chi connectivity index (χ1n) is 12.0. The van der Waals surface area contributed by atoms with Crippen molar-refractivity contribution in [2.45, 2.75) is 56.8 Å². The van der Waals surface area contributed by atoms with E-state index in [1.807, 2.05) is 12.1 Å². The van der Waals surface area contributed by atoms with Crippen molar-refractivity contribution in [2.24, 2.45) is 5.92 Å². The van der Waals surface area contributed by atoms with Crippen LogP contribution in [-0.2, 0) is 6.42 Å². The Balaban J connectivity index is 1.13. The minimum absolute atomic E-state index is 0.786. The van der Waals surface area contributed by atoms with Crippen LogP contribution in [0.4, 0.5) is 0 Å². The molecule has 0 saturated heterocycles. The molecule has 4 nitrogen and oxygen atoms in total. The van der Waals surface area contributed by atoms with Gasteiger partial charge in [0.1, 0.15) is 17.1 Å². The summed E-state index contributed by atoms with van der Waals surface area (Å²) in [7, 11) is 3.99. The number of nitrogens with zero attached hydrogens (tertiary/aromatic N) is 2. The predicted molar refractivity (Wildman–Crippen MR) is 127 cm³/mol. The molecule has 3 atom stereocenters. The van der Waals surface area contributed by atoms with Crippen LogP contribution in [0, 0.1) is 5.92 Å². The maximum Gasteiger partial charge on any atom is 0.146 e. The van der Waals surface area contributed by atoms with E-state index in [1.165, 1.54) is 38.6 Å². The number of ether oxygens (including phenoxy) is 1. The van der Waals surface area contributed by atoms with Crippen molar-refractivity contribution >= 4 is 11.0 Å². The van der Waals surface area contributed by atoms with E-state index >= 15 is 0 Å². The smallest absolute Gasteiger partial charge is 0.146 e. The van der Waals surface area contributed by atoms with Crippen LogP contribution in [0.3, 0.4) is 0 Å². The third-order valence-electron chi connectivity index (χ3n) is 7.64. The monoisotopic (exact) mass is 417 g/mol. The Labute approximate surface area is 186 Å². The molecule has 1 unspecified atom stereocenters. The molecule has 6 rings (SSSR count). The largest absolute Gasteiger partial charge is 0.494 e. The van der Waals surface area contributed by atoms with Gasteiger partial charge in [-0.1, -0.05) is 36.8 Å². The molecule has 1 saturated carbocycles. The molecular formula is C27H35N3O. The third-order valence-corrected chi connectivity index (χ3v) is 7.64. The molecular weight excluding hydrogens is 382 g/mol. The number of aryl methyl sites for hydroxylation is 1. The number of hydrogen-bond acceptors (Lipinski definition) is 3. The van der Waals surface area contributed by atoms with Crippen LogP contribution in [0.25, 0.3) is 11.0 Å². The van der Waals surface area contributed by atoms with Crippen molar-refractivity contribution in [3.63, 3.8) is 0 Å². The van der Waals surface area contributed by atoms with Gasteiger partial charge in [0.2, 0.25) is 0 Å². The minimum atomic E-state index is 0.786. The van der Waals surface area contributed by atoms with Crippen molar-refractivity contribution < 1.29 is 4.74 Å². The quantitative estimate of drug-likeness (QED) is 0.496. The van der Waals surface area contributed by atoms with Crippen molar-refractivity contribution in [1.82, 2.24) is 14.9 Å². The molecule has 3 aliphatic rings. The molecule has 0 amide bonds. The van der Waals surface area contributed by atoms with Gasteiger partial charge in [-0.05, 0) is 93.3 Å². The summed E-state index contributed by atoms with van der Waals surface area (Å²) in [6.07, 6.45) is 9.00. The van der Waals surface area contributed by atoms with Gasteiger partial charge in [0.05, 0.1) is 12.6 Å². The summed E-state index contributed by atoms with van der Waals surface area (Å²) in [6, 6.07) is 15.3. The van der Waals surface area contributed by atoms with Gasteiger partial charge in [-0.2, -0.15) is 0 Å². The second-order valence-electron chi connectivity index (χ2n) is 9.59. The average molecular weight is 418 g/mol. The number of para-hydroxylation sites is 1. The summed E-state index contributed by atoms with van der Waals surface area (Å²) in [6.45, 7) is 2.32. The zero-order valence-corrected chi connectivity index (χ0v) is 18.9. The lowest BCUT2D eigenvalue weighted by atomic mass is 9.70. The second-order valence-corrected chi connectivity index (χ2v) is 9.59. The lowest BCUT2D eigenvalue weighted by Crippen LogP contribution is -2.27. The van der Waals surface area contributed by atoms with Crippen molar-refractivity contribution in [1.29, 1.82) is 0 Å². The number of benzene rings is 2. The predicted octanol–water partition coefficient (Wildman–Crippen LogP) is 5.90. The number of hydrogen-bond donors (Lipinski definition) is 1. The number of aromatic nitrogens is 2. The van der Waals surface area contributed by atoms with Crippen molar-refractivity contribution in [3.8, 4) is 5.75 Å². The standard InChI is InChI=1S/C27H35N3O/c1-30(16-7-14-26-28-24-12-6-13-25(31-2)27(24)29-26)17-15-20-18-19-8-5-11-22(20)23-10-4-3-9-21(19)23/h3-4,6,9-10,12-13,19-20,22H,5,7-8,11,14-18H2,1-2H3,(H,28,29)/t19-,20?,22-/m1/s1. The Morgan fingerprint density at radius 2 is 1.94 bits per heavy atom. The summed E-state index contributed by atoms with van der Waals surface area (Å²) in [4.78, 5) is 10.7. The number of nitrogens with one attached hydrogen (secondary N) is 1. The topological polar surface area (TPSA) is 41.1 Å². The molecule has 1 N–H and O–H groups in total. The van der Waals surface area contributed by atoms with Crippen LogP contribution in [0.1, 0.15) is 67.3 Å². The molecule has 1 aromatic heterocycles. The zero-order chi connectivity index (χ0) is 21.2. The highest BCUT2D eigenvalue weighted by atomic mass is 16.5. The normalized spacial score (nSPS) is 22.6. The number of aromatic amines is 1. The lowest BCUT2D eigenvalue weighted by molar-refractivity contribution is 0.259. The number of fused-ring (bicyclic) bond motifs is 4. The highest BCUT2D eigenvalue weighted by Crippen LogP contribution is 2.51. The Hall–Kier alpha value is -2.33. The summed E-state index contributed by atoms with van der Waals surface area (Å²) in [5, 5.41) is 0. The number of imidazole rings is 1. The SMILES string of the molecule is COc1cccc2[nH]c(CCCN(C)CCC3C[C@H]4CCC[C@H]3c3ccccc34)nc12. The van der Waals surface area contributed by atoms with Gasteiger partial charge in [-0.25, -0.2) is 4.98 Å². The van der Waals surface area contributed by atoms with E-state index in [4.69, 9.17) is 9.72 Å². The van der Waals surface area contributed by atoms with Crippen LogP contribution in [0.2, 0.25) is 0 Å². The van der Waals surface area contributed by atoms with Gasteiger partial charge in [-0.15, -0.1) is 0 Å². The van der Waals surface area contributed by atoms with E-state index in [1.54, 1.807) is 18.2 Å². The molecule has 1 fully saturated rings. The Bertz CT molecular complexity index is 1030. The summed E-state index contributed by atoms with van der Waals surface area (Å²) < 4.78 is 5.43. The molecule has 3 aliphatic carbocycles. The Morgan fingerprint density at radius 3 is 2.81 bits per heavy atom. The molecule has 0 aliphatic heterocycles. The van der Waals surface area contributed by atoms with Gasteiger partial charge in [0.25, 0.3) is 0 Å². The van der Waals surface area contributed by atoms with Gasteiger partial charge in [0, 0.05) is 6.42 Å². The fourth-order valence-corrected chi connectivity index (χ4v) is 6.05. The van der Waals surface area contributed by atoms with E-state index in [2.05, 4.69) is 47.3 Å². The van der Waals surface area contributed by atoms with Gasteiger partial charge < -0.3 is 14.6 Å². The zero-order valence-electron chi connectivity index (χ0n) is 18.9. The molecule has 3 aromatic rings. The first kappa shape index (κ1) is 20.6. The van der Waals surface area contributed by atoms with Crippen molar-refractivity contribution in [2.75, 3.05) is 27.2 Å². The fraction of sp³-hybridized carbons (Fsp3) is 0.519. The fourth-order valence-electron chi connectivity index (χ4n) is 6.05. The average Bonchev–Trinajstić information content (AvgIpc) is 2.99. The molecule has 2 aromatic carbocycles. The van der Waals surface area contributed by atoms with E-state index in [0.717, 1.165) is 59.7 Å². The van der Waals surface area contributed by atoms with Crippen LogP contribution in [0.15, 0.2) is 42.5 Å². The highest BCUT2D eigenvalue weighted by Gasteiger charge is 2.36. The second kappa shape index (κ2) is 9.04. The first-order chi connectivity index (χ1) is 15.2. The summed E-state index contributed by atoms with van der Waals surface area (Å²) in [5.41, 5.74) is 5.34. The molecule has 1 heterocycles. The number of rotatable bonds is 8. The lowest BCUT2D eigenvalue weighted by Gasteiger charge is -2.36. The van der Waals surface area contributed by atoms with E-state index in [0.29, 0.717) is 0 Å². The Kier molecular flexibility index (Phi) is 5.99. The minimum Gasteiger partial charge on any atom is -0.494 e. The maximum absolute atomic E-state index is 5.43. The van der Waals surface area contributed by atoms with E-state index in [9.17, 15) is 0 Å². The third kappa shape index (κ3) is 4.23. The van der Waals surface area contributed by atoms with Crippen molar-refractivity contribution in [3.05, 3.63) is 59.4 Å². The van der Waals surface area contributed by atoms with Crippen LogP contribution in [0.5, 0.6) is 5.75 Å². The van der Waals surface area contributed by atoms with Gasteiger partial charge in [-0.3, -0.25) is 0 Å². The Morgan fingerprint density at radius 1 is 1.06 bits per heavy atom. The molecule has 0 radical (unpaired) electrons. The molecule has 164 valence electrons. The van der Waals surface area contributed by atoms with E-state index < -0.39 is 0 Å². The van der Waals surface area contributed by atoms with Gasteiger partial charge >= 0.3 is 0 Å². The van der Waals surface area contributed by atoms with Crippen LogP contribution >= 0.6 is 0 Å². The molecule has 31 heavy (non-hydrogen) atoms. The van der Waals surface area contributed by atoms with Crippen LogP contribution in [-0.4, -0.2) is 42.1 Å². The summed E-state index contributed by atoms with van der Waals surface area (Å²) >= 11 is 0. The maximum atomic E-state index is 5.43. The highest BCUT2D eigenvalue weighted by molar-refractivity contribution is 5.81. The van der Waals surface area contributed by atoms with Gasteiger partial charge in [0.15, 0.2) is 0 Å². The first-order valence-corrected chi connectivity index (χ1v) is 12.0. The van der Waals surface area contributed by atoms with E-state index in [-0.39, 0.29) is 0 Å². The number of methoxy groups -OCH3 is 1. The van der Waals surface area contributed by atoms with Crippen LogP contribution < -0.4 is 4.74 Å². The molecule has 0 spiro atoms. The molecule has 4 heteroatoms.